The minimum absolute atomic E-state index is 0.134. The summed E-state index contributed by atoms with van der Waals surface area (Å²) in [5.41, 5.74) is 8.53. The maximum Gasteiger partial charge on any atom is 0.261 e. The first kappa shape index (κ1) is 15.8. The second-order valence-electron chi connectivity index (χ2n) is 5.68. The summed E-state index contributed by atoms with van der Waals surface area (Å²) in [6, 6.07) is 13.1. The zero-order chi connectivity index (χ0) is 18.1. The number of rotatable bonds is 3. The van der Waals surface area contributed by atoms with Crippen molar-refractivity contribution in [1.29, 1.82) is 0 Å². The van der Waals surface area contributed by atoms with Crippen molar-refractivity contribution in [1.82, 2.24) is 14.6 Å². The Balaban J connectivity index is 1.74. The number of amides is 1. The van der Waals surface area contributed by atoms with Crippen LogP contribution in [0.3, 0.4) is 0 Å². The number of nitrogens with zero attached hydrogens (tertiary/aromatic N) is 3. The van der Waals surface area contributed by atoms with Crippen LogP contribution in [-0.2, 0) is 0 Å². The second kappa shape index (κ2) is 6.29. The molecule has 0 saturated heterocycles. The molecule has 6 nitrogen and oxygen atoms in total. The van der Waals surface area contributed by atoms with Gasteiger partial charge in [-0.15, -0.1) is 5.10 Å². The highest BCUT2D eigenvalue weighted by Crippen LogP contribution is 2.28. The molecule has 0 aliphatic heterocycles. The van der Waals surface area contributed by atoms with Crippen LogP contribution in [0.2, 0.25) is 0 Å². The monoisotopic (exact) mass is 347 g/mol. The molecule has 26 heavy (non-hydrogen) atoms. The predicted octanol–water partition coefficient (Wildman–Crippen LogP) is 3.37. The lowest BCUT2D eigenvalue weighted by atomic mass is 10.1. The van der Waals surface area contributed by atoms with Crippen molar-refractivity contribution in [2.24, 2.45) is 0 Å². The number of nitrogens with one attached hydrogen (secondary N) is 1. The molecule has 0 bridgehead atoms. The first-order valence-electron chi connectivity index (χ1n) is 7.87. The fourth-order valence-corrected chi connectivity index (χ4v) is 2.82. The van der Waals surface area contributed by atoms with Gasteiger partial charge in [0.25, 0.3) is 5.91 Å². The molecule has 3 heterocycles. The van der Waals surface area contributed by atoms with E-state index in [1.54, 1.807) is 59.5 Å². The lowest BCUT2D eigenvalue weighted by molar-refractivity contribution is 0.102. The van der Waals surface area contributed by atoms with E-state index in [2.05, 4.69) is 15.4 Å². The van der Waals surface area contributed by atoms with E-state index in [4.69, 9.17) is 5.73 Å². The topological polar surface area (TPSA) is 85.3 Å². The molecule has 0 atom stereocenters. The minimum Gasteiger partial charge on any atom is -0.382 e. The van der Waals surface area contributed by atoms with Crippen molar-refractivity contribution in [3.8, 4) is 11.1 Å². The number of carbonyl (C=O) groups excluding carboxylic acids is 1. The molecule has 4 aromatic rings. The molecule has 128 valence electrons. The predicted molar refractivity (Wildman–Crippen MR) is 97.2 cm³/mol. The number of hydrogen-bond acceptors (Lipinski definition) is 4. The first-order chi connectivity index (χ1) is 12.6. The third-order valence-electron chi connectivity index (χ3n) is 4.00. The van der Waals surface area contributed by atoms with Crippen LogP contribution in [0.4, 0.5) is 15.9 Å². The number of carbonyl (C=O) groups is 1. The van der Waals surface area contributed by atoms with Crippen LogP contribution in [0.1, 0.15) is 10.4 Å². The SMILES string of the molecule is Nc1nn2ccccc2c1C(=O)Nc1ccncc1-c1cccc(F)c1. The molecule has 0 radical (unpaired) electrons. The maximum absolute atomic E-state index is 13.6. The van der Waals surface area contributed by atoms with Crippen LogP contribution in [0.25, 0.3) is 16.6 Å². The third-order valence-corrected chi connectivity index (χ3v) is 4.00. The van der Waals surface area contributed by atoms with Crippen LogP contribution < -0.4 is 11.1 Å². The number of benzene rings is 1. The van der Waals surface area contributed by atoms with Crippen LogP contribution >= 0.6 is 0 Å². The van der Waals surface area contributed by atoms with Crippen molar-refractivity contribution in [3.05, 3.63) is 78.5 Å². The molecule has 0 saturated carbocycles. The number of nitrogen functional groups attached to an aromatic ring is 1. The molecule has 3 N–H and O–H groups in total. The Morgan fingerprint density at radius 3 is 2.88 bits per heavy atom. The summed E-state index contributed by atoms with van der Waals surface area (Å²) in [5.74, 6) is -0.627. The van der Waals surface area contributed by atoms with Gasteiger partial charge < -0.3 is 11.1 Å². The van der Waals surface area contributed by atoms with E-state index in [0.717, 1.165) is 0 Å². The molecular formula is C19H14FN5O. The molecule has 0 unspecified atom stereocenters. The molecule has 0 fully saturated rings. The van der Waals surface area contributed by atoms with E-state index >= 15 is 0 Å². The Kier molecular flexibility index (Phi) is 3.81. The molecule has 7 heteroatoms. The number of fused-ring (bicyclic) bond motifs is 1. The fourth-order valence-electron chi connectivity index (χ4n) is 2.82. The molecule has 1 aromatic carbocycles. The molecule has 0 aliphatic rings. The van der Waals surface area contributed by atoms with Gasteiger partial charge in [0.2, 0.25) is 0 Å². The van der Waals surface area contributed by atoms with E-state index in [1.165, 1.54) is 12.1 Å². The summed E-state index contributed by atoms with van der Waals surface area (Å²) in [6.07, 6.45) is 4.84. The van der Waals surface area contributed by atoms with Gasteiger partial charge in [-0.1, -0.05) is 18.2 Å². The van der Waals surface area contributed by atoms with Gasteiger partial charge >= 0.3 is 0 Å². The Bertz CT molecular complexity index is 1120. The number of aromatic nitrogens is 3. The minimum atomic E-state index is -0.396. The Morgan fingerprint density at radius 2 is 2.04 bits per heavy atom. The summed E-state index contributed by atoms with van der Waals surface area (Å²) in [4.78, 5) is 16.9. The van der Waals surface area contributed by atoms with Crippen molar-refractivity contribution < 1.29 is 9.18 Å². The van der Waals surface area contributed by atoms with Gasteiger partial charge in [0.1, 0.15) is 11.4 Å². The van der Waals surface area contributed by atoms with E-state index in [1.807, 2.05) is 0 Å². The van der Waals surface area contributed by atoms with Gasteiger partial charge in [-0.2, -0.15) is 0 Å². The fraction of sp³-hybridized carbons (Fsp3) is 0. The summed E-state index contributed by atoms with van der Waals surface area (Å²) in [5, 5.41) is 6.97. The van der Waals surface area contributed by atoms with Crippen molar-refractivity contribution in [2.45, 2.75) is 0 Å². The third kappa shape index (κ3) is 2.75. The Morgan fingerprint density at radius 1 is 1.15 bits per heavy atom. The summed E-state index contributed by atoms with van der Waals surface area (Å²) >= 11 is 0. The van der Waals surface area contributed by atoms with E-state index in [9.17, 15) is 9.18 Å². The molecular weight excluding hydrogens is 333 g/mol. The average Bonchev–Trinajstić information content (AvgIpc) is 2.98. The second-order valence-corrected chi connectivity index (χ2v) is 5.68. The molecule has 0 spiro atoms. The van der Waals surface area contributed by atoms with Crippen LogP contribution in [0.15, 0.2) is 67.1 Å². The first-order valence-corrected chi connectivity index (χ1v) is 7.87. The van der Waals surface area contributed by atoms with Crippen LogP contribution in [-0.4, -0.2) is 20.5 Å². The van der Waals surface area contributed by atoms with Crippen molar-refractivity contribution >= 4 is 22.9 Å². The maximum atomic E-state index is 13.6. The Labute approximate surface area is 148 Å². The van der Waals surface area contributed by atoms with Crippen LogP contribution in [0, 0.1) is 5.82 Å². The zero-order valence-electron chi connectivity index (χ0n) is 13.6. The summed E-state index contributed by atoms with van der Waals surface area (Å²) in [7, 11) is 0. The highest BCUT2D eigenvalue weighted by Gasteiger charge is 2.19. The number of hydrogen-bond donors (Lipinski definition) is 2. The van der Waals surface area contributed by atoms with Crippen molar-refractivity contribution in [2.75, 3.05) is 11.1 Å². The molecule has 1 amide bonds. The van der Waals surface area contributed by atoms with Gasteiger partial charge in [-0.25, -0.2) is 8.91 Å². The van der Waals surface area contributed by atoms with E-state index in [-0.39, 0.29) is 17.2 Å². The van der Waals surface area contributed by atoms with Crippen LogP contribution in [0.5, 0.6) is 0 Å². The Hall–Kier alpha value is -3.74. The van der Waals surface area contributed by atoms with Gasteiger partial charge in [0.05, 0.1) is 11.2 Å². The standard InChI is InChI=1S/C19H14FN5O/c20-13-5-3-4-12(10-13)14-11-22-8-7-15(14)23-19(26)17-16-6-1-2-9-25(16)24-18(17)21/h1-11H,(H2,21,24)(H,22,23,26). The van der Waals surface area contributed by atoms with Gasteiger partial charge in [0, 0.05) is 24.2 Å². The van der Waals surface area contributed by atoms with Crippen molar-refractivity contribution in [3.63, 3.8) is 0 Å². The normalized spacial score (nSPS) is 10.8. The molecule has 3 aromatic heterocycles. The number of nitrogens with two attached hydrogens (primary N) is 1. The van der Waals surface area contributed by atoms with Gasteiger partial charge in [0.15, 0.2) is 5.82 Å². The lowest BCUT2D eigenvalue weighted by Crippen LogP contribution is -2.14. The smallest absolute Gasteiger partial charge is 0.261 e. The van der Waals surface area contributed by atoms with Gasteiger partial charge in [-0.3, -0.25) is 9.78 Å². The molecule has 0 aliphatic carbocycles. The van der Waals surface area contributed by atoms with Gasteiger partial charge in [-0.05, 0) is 35.9 Å². The summed E-state index contributed by atoms with van der Waals surface area (Å²) in [6.45, 7) is 0. The highest BCUT2D eigenvalue weighted by molar-refractivity contribution is 6.13. The molecule has 4 rings (SSSR count). The number of halogens is 1. The van der Waals surface area contributed by atoms with E-state index < -0.39 is 5.91 Å². The van der Waals surface area contributed by atoms with E-state index in [0.29, 0.717) is 22.3 Å². The largest absolute Gasteiger partial charge is 0.382 e. The quantitative estimate of drug-likeness (QED) is 0.595. The summed E-state index contributed by atoms with van der Waals surface area (Å²) < 4.78 is 15.1. The zero-order valence-corrected chi connectivity index (χ0v) is 13.6. The number of anilines is 2. The highest BCUT2D eigenvalue weighted by atomic mass is 19.1. The lowest BCUT2D eigenvalue weighted by Gasteiger charge is -2.11. The number of pyridine rings is 2. The average molecular weight is 347 g/mol.